The summed E-state index contributed by atoms with van der Waals surface area (Å²) in [5, 5.41) is 8.12. The number of halogens is 1. The number of carbonyl (C=O) groups excluding carboxylic acids is 1. The van der Waals surface area contributed by atoms with Gasteiger partial charge < -0.3 is 9.80 Å². The maximum absolute atomic E-state index is 14.7. The molecule has 2 atom stereocenters. The molecule has 0 bridgehead atoms. The lowest BCUT2D eigenvalue weighted by molar-refractivity contribution is 0.0586. The summed E-state index contributed by atoms with van der Waals surface area (Å²) in [5.74, 6) is 0.431. The van der Waals surface area contributed by atoms with E-state index in [4.69, 9.17) is 0 Å². The second-order valence-corrected chi connectivity index (χ2v) is 7.49. The van der Waals surface area contributed by atoms with Crippen LogP contribution in [-0.4, -0.2) is 61.4 Å². The number of nitrogens with zero attached hydrogens (tertiary/aromatic N) is 7. The number of fused-ring (bicyclic) bond motifs is 1. The molecular formula is C20H20FN7O. The fraction of sp³-hybridized carbons (Fsp3) is 0.350. The molecular weight excluding hydrogens is 373 g/mol. The van der Waals surface area contributed by atoms with Crippen molar-refractivity contribution in [3.63, 3.8) is 0 Å². The number of hydrogen-bond donors (Lipinski definition) is 0. The quantitative estimate of drug-likeness (QED) is 0.676. The second-order valence-electron chi connectivity index (χ2n) is 7.49. The topological polar surface area (TPSA) is 80.0 Å². The van der Waals surface area contributed by atoms with Crippen LogP contribution in [-0.2, 0) is 0 Å². The third kappa shape index (κ3) is 3.02. The summed E-state index contributed by atoms with van der Waals surface area (Å²) in [6.45, 7) is 3.95. The average molecular weight is 393 g/mol. The molecule has 5 rings (SSSR count). The first-order valence-electron chi connectivity index (χ1n) is 9.61. The Kier molecular flexibility index (Phi) is 4.22. The van der Waals surface area contributed by atoms with E-state index in [1.165, 1.54) is 23.3 Å². The number of aryl methyl sites for hydroxylation is 1. The third-order valence-corrected chi connectivity index (χ3v) is 5.72. The molecule has 148 valence electrons. The molecule has 0 aliphatic carbocycles. The summed E-state index contributed by atoms with van der Waals surface area (Å²) in [7, 11) is 0. The molecule has 1 amide bonds. The zero-order valence-electron chi connectivity index (χ0n) is 15.9. The van der Waals surface area contributed by atoms with Crippen LogP contribution >= 0.6 is 0 Å². The van der Waals surface area contributed by atoms with Gasteiger partial charge in [0.25, 0.3) is 5.91 Å². The Morgan fingerprint density at radius 3 is 2.79 bits per heavy atom. The van der Waals surface area contributed by atoms with Crippen molar-refractivity contribution in [3.05, 3.63) is 60.1 Å². The summed E-state index contributed by atoms with van der Waals surface area (Å²) < 4.78 is 14.7. The van der Waals surface area contributed by atoms with E-state index in [1.54, 1.807) is 29.4 Å². The number of amides is 1. The van der Waals surface area contributed by atoms with Crippen LogP contribution in [0, 0.1) is 18.7 Å². The van der Waals surface area contributed by atoms with Crippen molar-refractivity contribution in [2.45, 2.75) is 19.4 Å². The lowest BCUT2D eigenvalue weighted by Gasteiger charge is -2.53. The summed E-state index contributed by atoms with van der Waals surface area (Å²) in [5.41, 5.74) is 1.21. The summed E-state index contributed by atoms with van der Waals surface area (Å²) in [6.07, 6.45) is 7.36. The minimum atomic E-state index is -0.568. The van der Waals surface area contributed by atoms with Gasteiger partial charge in [-0.3, -0.25) is 9.78 Å². The Bertz CT molecular complexity index is 1050. The van der Waals surface area contributed by atoms with Crippen LogP contribution in [0.1, 0.15) is 22.5 Å². The van der Waals surface area contributed by atoms with Gasteiger partial charge >= 0.3 is 0 Å². The first-order valence-corrected chi connectivity index (χ1v) is 9.61. The van der Waals surface area contributed by atoms with Crippen LogP contribution in [0.15, 0.2) is 43.0 Å². The van der Waals surface area contributed by atoms with Gasteiger partial charge in [-0.25, -0.2) is 9.37 Å². The van der Waals surface area contributed by atoms with Gasteiger partial charge in [-0.1, -0.05) is 6.07 Å². The van der Waals surface area contributed by atoms with Gasteiger partial charge in [-0.15, -0.1) is 0 Å². The van der Waals surface area contributed by atoms with Crippen LogP contribution in [0.4, 0.5) is 10.2 Å². The van der Waals surface area contributed by atoms with Crippen molar-refractivity contribution in [3.8, 4) is 5.69 Å². The Balaban J connectivity index is 1.41. The van der Waals surface area contributed by atoms with Crippen molar-refractivity contribution < 1.29 is 9.18 Å². The number of piperidine rings is 1. The average Bonchev–Trinajstić information content (AvgIpc) is 3.23. The molecule has 9 heteroatoms. The van der Waals surface area contributed by atoms with Crippen LogP contribution in [0.5, 0.6) is 0 Å². The largest absolute Gasteiger partial charge is 0.350 e. The number of carbonyl (C=O) groups is 1. The van der Waals surface area contributed by atoms with Crippen molar-refractivity contribution in [2.24, 2.45) is 5.92 Å². The number of anilines is 1. The number of benzene rings is 1. The molecule has 2 saturated heterocycles. The molecule has 2 aromatic heterocycles. The predicted molar refractivity (Wildman–Crippen MR) is 103 cm³/mol. The Morgan fingerprint density at radius 2 is 2.00 bits per heavy atom. The number of aromatic nitrogens is 5. The Hall–Kier alpha value is -3.36. The van der Waals surface area contributed by atoms with Crippen molar-refractivity contribution in [1.82, 2.24) is 29.9 Å². The molecule has 3 aromatic rings. The van der Waals surface area contributed by atoms with E-state index in [0.717, 1.165) is 24.5 Å². The SMILES string of the molecule is Cc1cncc(N2CC3CCN(C(=O)c4c(F)cccc4-n4nccn4)CC32)n1. The maximum Gasteiger partial charge on any atom is 0.259 e. The smallest absolute Gasteiger partial charge is 0.259 e. The Morgan fingerprint density at radius 1 is 1.17 bits per heavy atom. The fourth-order valence-electron chi connectivity index (χ4n) is 4.22. The zero-order valence-corrected chi connectivity index (χ0v) is 15.9. The van der Waals surface area contributed by atoms with Gasteiger partial charge in [0.1, 0.15) is 22.9 Å². The molecule has 2 aliphatic rings. The van der Waals surface area contributed by atoms with Crippen LogP contribution < -0.4 is 4.90 Å². The van der Waals surface area contributed by atoms with E-state index >= 15 is 0 Å². The van der Waals surface area contributed by atoms with Gasteiger partial charge in [0.05, 0.1) is 30.3 Å². The minimum absolute atomic E-state index is 0.00312. The van der Waals surface area contributed by atoms with Crippen LogP contribution in [0.25, 0.3) is 5.69 Å². The Labute approximate surface area is 167 Å². The summed E-state index contributed by atoms with van der Waals surface area (Å²) in [6, 6.07) is 4.68. The molecule has 29 heavy (non-hydrogen) atoms. The fourth-order valence-corrected chi connectivity index (χ4v) is 4.22. The lowest BCUT2D eigenvalue weighted by atomic mass is 9.82. The minimum Gasteiger partial charge on any atom is -0.350 e. The third-order valence-electron chi connectivity index (χ3n) is 5.72. The highest BCUT2D eigenvalue weighted by Gasteiger charge is 2.44. The van der Waals surface area contributed by atoms with Gasteiger partial charge in [0.15, 0.2) is 0 Å². The number of rotatable bonds is 3. The monoisotopic (exact) mass is 393 g/mol. The summed E-state index contributed by atoms with van der Waals surface area (Å²) in [4.78, 5) is 27.2. The second kappa shape index (κ2) is 6.91. The zero-order chi connectivity index (χ0) is 20.0. The highest BCUT2D eigenvalue weighted by atomic mass is 19.1. The molecule has 2 unspecified atom stereocenters. The highest BCUT2D eigenvalue weighted by molar-refractivity contribution is 5.98. The number of likely N-dealkylation sites (tertiary alicyclic amines) is 1. The van der Waals surface area contributed by atoms with E-state index in [0.29, 0.717) is 24.7 Å². The van der Waals surface area contributed by atoms with E-state index in [2.05, 4.69) is 25.1 Å². The van der Waals surface area contributed by atoms with Crippen molar-refractivity contribution in [1.29, 1.82) is 0 Å². The van der Waals surface area contributed by atoms with Gasteiger partial charge in [-0.2, -0.15) is 15.0 Å². The van der Waals surface area contributed by atoms with E-state index in [9.17, 15) is 9.18 Å². The maximum atomic E-state index is 14.7. The van der Waals surface area contributed by atoms with Gasteiger partial charge in [-0.05, 0) is 25.5 Å². The summed E-state index contributed by atoms with van der Waals surface area (Å²) >= 11 is 0. The first-order chi connectivity index (χ1) is 14.1. The molecule has 1 aromatic carbocycles. The molecule has 4 heterocycles. The normalized spacial score (nSPS) is 20.9. The lowest BCUT2D eigenvalue weighted by Crippen LogP contribution is -2.65. The molecule has 0 spiro atoms. The molecule has 0 saturated carbocycles. The molecule has 0 N–H and O–H groups in total. The van der Waals surface area contributed by atoms with Crippen molar-refractivity contribution in [2.75, 3.05) is 24.5 Å². The standard InChI is InChI=1S/C20H20FN7O/c1-13-9-22-10-18(25-13)27-11-14-5-8-26(12-17(14)27)20(29)19-15(21)3-2-4-16(19)28-23-6-7-24-28/h2-4,6-7,9-10,14,17H,5,8,11-12H2,1H3. The number of hydrogen-bond acceptors (Lipinski definition) is 6. The van der Waals surface area contributed by atoms with Crippen LogP contribution in [0.2, 0.25) is 0 Å². The van der Waals surface area contributed by atoms with Crippen LogP contribution in [0.3, 0.4) is 0 Å². The first kappa shape index (κ1) is 17.7. The van der Waals surface area contributed by atoms with Gasteiger partial charge in [0, 0.05) is 31.7 Å². The van der Waals surface area contributed by atoms with Crippen molar-refractivity contribution >= 4 is 11.7 Å². The van der Waals surface area contributed by atoms with E-state index < -0.39 is 5.82 Å². The molecule has 2 aliphatic heterocycles. The van der Waals surface area contributed by atoms with Gasteiger partial charge in [0.2, 0.25) is 0 Å². The highest BCUT2D eigenvalue weighted by Crippen LogP contribution is 2.36. The predicted octanol–water partition coefficient (Wildman–Crippen LogP) is 1.86. The molecule has 0 radical (unpaired) electrons. The molecule has 8 nitrogen and oxygen atoms in total. The van der Waals surface area contributed by atoms with E-state index in [1.807, 2.05) is 6.92 Å². The molecule has 2 fully saturated rings. The van der Waals surface area contributed by atoms with E-state index in [-0.39, 0.29) is 17.5 Å².